The van der Waals surface area contributed by atoms with Crippen molar-refractivity contribution in [3.8, 4) is 11.3 Å². The molecule has 1 aliphatic heterocycles. The first kappa shape index (κ1) is 22.9. The van der Waals surface area contributed by atoms with Crippen LogP contribution in [0.3, 0.4) is 0 Å². The molecule has 0 bridgehead atoms. The lowest BCUT2D eigenvalue weighted by molar-refractivity contribution is 0.439. The second-order valence-corrected chi connectivity index (χ2v) is 9.77. The summed E-state index contributed by atoms with van der Waals surface area (Å²) >= 11 is 18.1. The molecule has 34 heavy (non-hydrogen) atoms. The molecular weight excluding hydrogens is 485 g/mol. The van der Waals surface area contributed by atoms with E-state index in [0.717, 1.165) is 22.7 Å². The maximum Gasteiger partial charge on any atom is 0.174 e. The van der Waals surface area contributed by atoms with E-state index in [4.69, 9.17) is 39.8 Å². The largest absolute Gasteiger partial charge is 0.459 e. The summed E-state index contributed by atoms with van der Waals surface area (Å²) in [6.45, 7) is 4.37. The maximum atomic E-state index is 6.39. The molecule has 2 aromatic carbocycles. The van der Waals surface area contributed by atoms with Crippen molar-refractivity contribution in [2.75, 3.05) is 4.90 Å². The molecule has 0 aliphatic carbocycles. The molecule has 5 rings (SSSR count). The van der Waals surface area contributed by atoms with Crippen LogP contribution in [0.5, 0.6) is 0 Å². The van der Waals surface area contributed by atoms with E-state index in [2.05, 4.69) is 53.3 Å². The minimum Gasteiger partial charge on any atom is -0.459 e. The van der Waals surface area contributed by atoms with Gasteiger partial charge >= 0.3 is 0 Å². The van der Waals surface area contributed by atoms with Crippen molar-refractivity contribution in [1.82, 2.24) is 10.3 Å². The molecule has 1 N–H and O–H groups in total. The van der Waals surface area contributed by atoms with Crippen LogP contribution < -0.4 is 10.2 Å². The van der Waals surface area contributed by atoms with Gasteiger partial charge in [-0.25, -0.2) is 0 Å². The third-order valence-electron chi connectivity index (χ3n) is 6.06. The molecule has 0 radical (unpaired) electrons. The van der Waals surface area contributed by atoms with Crippen LogP contribution in [0, 0.1) is 0 Å². The Morgan fingerprint density at radius 1 is 0.971 bits per heavy atom. The van der Waals surface area contributed by atoms with Crippen LogP contribution in [-0.4, -0.2) is 10.1 Å². The normalized spacial score (nSPS) is 17.9. The molecule has 1 fully saturated rings. The number of pyridine rings is 1. The van der Waals surface area contributed by atoms with Gasteiger partial charge in [-0.3, -0.25) is 4.98 Å². The summed E-state index contributed by atoms with van der Waals surface area (Å²) in [5, 5.41) is 5.09. The summed E-state index contributed by atoms with van der Waals surface area (Å²) < 4.78 is 6.39. The molecule has 2 atom stereocenters. The number of nitrogens with zero attached hydrogens (tertiary/aromatic N) is 2. The summed E-state index contributed by atoms with van der Waals surface area (Å²) in [6, 6.07) is 23.4. The van der Waals surface area contributed by atoms with E-state index < -0.39 is 0 Å². The summed E-state index contributed by atoms with van der Waals surface area (Å²) in [5.41, 5.74) is 4.03. The summed E-state index contributed by atoms with van der Waals surface area (Å²) in [4.78, 5) is 6.71. The maximum absolute atomic E-state index is 6.39. The molecule has 7 heteroatoms. The Bertz CT molecular complexity index is 1320. The van der Waals surface area contributed by atoms with Gasteiger partial charge in [-0.2, -0.15) is 0 Å². The number of aromatic nitrogens is 1. The van der Waals surface area contributed by atoms with Crippen molar-refractivity contribution < 1.29 is 4.42 Å². The van der Waals surface area contributed by atoms with Gasteiger partial charge in [0, 0.05) is 17.4 Å². The molecule has 0 spiro atoms. The fourth-order valence-corrected chi connectivity index (χ4v) is 4.90. The van der Waals surface area contributed by atoms with E-state index in [9.17, 15) is 0 Å². The van der Waals surface area contributed by atoms with Crippen LogP contribution in [-0.2, 0) is 0 Å². The van der Waals surface area contributed by atoms with Crippen molar-refractivity contribution in [3.05, 3.63) is 106 Å². The number of nitrogens with one attached hydrogen (secondary N) is 1. The molecule has 2 aromatic heterocycles. The van der Waals surface area contributed by atoms with Crippen LogP contribution >= 0.6 is 35.4 Å². The van der Waals surface area contributed by atoms with Gasteiger partial charge in [0.15, 0.2) is 5.11 Å². The zero-order valence-corrected chi connectivity index (χ0v) is 21.0. The predicted octanol–water partition coefficient (Wildman–Crippen LogP) is 7.95. The molecule has 0 saturated carbocycles. The number of benzene rings is 2. The van der Waals surface area contributed by atoms with Crippen LogP contribution in [0.2, 0.25) is 10.0 Å². The predicted molar refractivity (Wildman–Crippen MR) is 143 cm³/mol. The van der Waals surface area contributed by atoms with Crippen molar-refractivity contribution in [2.24, 2.45) is 0 Å². The van der Waals surface area contributed by atoms with Crippen molar-refractivity contribution in [3.63, 3.8) is 0 Å². The molecule has 172 valence electrons. The number of anilines is 1. The highest BCUT2D eigenvalue weighted by Gasteiger charge is 2.42. The summed E-state index contributed by atoms with van der Waals surface area (Å²) in [7, 11) is 0. The van der Waals surface area contributed by atoms with E-state index in [1.165, 1.54) is 5.56 Å². The van der Waals surface area contributed by atoms with Gasteiger partial charge in [0.25, 0.3) is 0 Å². The molecule has 0 unspecified atom stereocenters. The quantitative estimate of drug-likeness (QED) is 0.277. The first-order chi connectivity index (χ1) is 16.4. The number of halogens is 2. The molecule has 4 aromatic rings. The fourth-order valence-electron chi connectivity index (χ4n) is 4.26. The third kappa shape index (κ3) is 4.31. The van der Waals surface area contributed by atoms with Gasteiger partial charge in [-0.05, 0) is 78.3 Å². The fraction of sp³-hybridized carbons (Fsp3) is 0.185. The third-order valence-corrected chi connectivity index (χ3v) is 7.11. The molecule has 4 nitrogen and oxygen atoms in total. The van der Waals surface area contributed by atoms with Crippen molar-refractivity contribution in [1.29, 1.82) is 0 Å². The first-order valence-electron chi connectivity index (χ1n) is 11.1. The average Bonchev–Trinajstić information content (AvgIpc) is 3.46. The molecule has 1 saturated heterocycles. The van der Waals surface area contributed by atoms with Crippen molar-refractivity contribution >= 4 is 46.2 Å². The van der Waals surface area contributed by atoms with Crippen LogP contribution in [0.15, 0.2) is 83.4 Å². The highest BCUT2D eigenvalue weighted by Crippen LogP contribution is 2.43. The SMILES string of the molecule is CC(C)c1ccc(N2C(=S)N[C@H](c3ccccn3)[C@@H]2c2ccc(-c3ccc(Cl)c(Cl)c3)o2)cc1. The zero-order valence-electron chi connectivity index (χ0n) is 18.7. The molecule has 3 heterocycles. The minimum atomic E-state index is -0.219. The molecule has 0 amide bonds. The molecular formula is C27H23Cl2N3OS. The lowest BCUT2D eigenvalue weighted by atomic mass is 10.0. The Labute approximate surface area is 214 Å². The second-order valence-electron chi connectivity index (χ2n) is 8.57. The Balaban J connectivity index is 1.57. The number of hydrogen-bond donors (Lipinski definition) is 1. The first-order valence-corrected chi connectivity index (χ1v) is 12.2. The van der Waals surface area contributed by atoms with Gasteiger partial charge in [0.05, 0.1) is 21.8 Å². The Morgan fingerprint density at radius 3 is 2.44 bits per heavy atom. The average molecular weight is 508 g/mol. The van der Waals surface area contributed by atoms with E-state index in [-0.39, 0.29) is 12.1 Å². The topological polar surface area (TPSA) is 41.3 Å². The minimum absolute atomic E-state index is 0.175. The van der Waals surface area contributed by atoms with Gasteiger partial charge in [-0.15, -0.1) is 0 Å². The Morgan fingerprint density at radius 2 is 1.76 bits per heavy atom. The van der Waals surface area contributed by atoms with Gasteiger partial charge in [-0.1, -0.05) is 55.2 Å². The highest BCUT2D eigenvalue weighted by atomic mass is 35.5. The van der Waals surface area contributed by atoms with Crippen LogP contribution in [0.25, 0.3) is 11.3 Å². The zero-order chi connectivity index (χ0) is 23.8. The Hall–Kier alpha value is -2.86. The van der Waals surface area contributed by atoms with E-state index in [0.29, 0.717) is 26.8 Å². The van der Waals surface area contributed by atoms with E-state index in [1.54, 1.807) is 12.3 Å². The number of hydrogen-bond acceptors (Lipinski definition) is 3. The van der Waals surface area contributed by atoms with Crippen LogP contribution in [0.4, 0.5) is 5.69 Å². The Kier molecular flexibility index (Phi) is 6.34. The highest BCUT2D eigenvalue weighted by molar-refractivity contribution is 7.80. The molecule has 1 aliphatic rings. The van der Waals surface area contributed by atoms with Gasteiger partial charge in [0.1, 0.15) is 17.6 Å². The smallest absolute Gasteiger partial charge is 0.174 e. The lowest BCUT2D eigenvalue weighted by Gasteiger charge is -2.26. The monoisotopic (exact) mass is 507 g/mol. The standard InChI is InChI=1S/C27H23Cl2N3OS/c1-16(2)17-6-9-19(10-7-17)32-26(25(31-27(32)34)22-5-3-4-14-30-22)24-13-12-23(33-24)18-8-11-20(28)21(29)15-18/h3-16,25-26H,1-2H3,(H,31,34)/t25-,26+/m1/s1. The second kappa shape index (κ2) is 9.41. The number of thiocarbonyl (C=S) groups is 1. The van der Waals surface area contributed by atoms with Crippen molar-refractivity contribution in [2.45, 2.75) is 31.8 Å². The number of rotatable bonds is 5. The van der Waals surface area contributed by atoms with Crippen LogP contribution in [0.1, 0.15) is 48.9 Å². The lowest BCUT2D eigenvalue weighted by Crippen LogP contribution is -2.29. The summed E-state index contributed by atoms with van der Waals surface area (Å²) in [5.74, 6) is 1.94. The number of furan rings is 1. The van der Waals surface area contributed by atoms with Gasteiger partial charge < -0.3 is 14.6 Å². The van der Waals surface area contributed by atoms with E-state index in [1.807, 2.05) is 42.5 Å². The van der Waals surface area contributed by atoms with Gasteiger partial charge in [0.2, 0.25) is 0 Å². The summed E-state index contributed by atoms with van der Waals surface area (Å²) in [6.07, 6.45) is 1.79. The van der Waals surface area contributed by atoms with E-state index >= 15 is 0 Å².